The van der Waals surface area contributed by atoms with Crippen molar-refractivity contribution in [2.45, 2.75) is 58.9 Å². The molecule has 5 heteroatoms. The van der Waals surface area contributed by atoms with E-state index in [1.165, 1.54) is 0 Å². The molecule has 0 spiro atoms. The van der Waals surface area contributed by atoms with Gasteiger partial charge >= 0.3 is 107 Å². The van der Waals surface area contributed by atoms with Crippen LogP contribution in [0.1, 0.15) is 0 Å². The van der Waals surface area contributed by atoms with Crippen LogP contribution in [0.2, 0.25) is 58.9 Å². The van der Waals surface area contributed by atoms with Crippen LogP contribution in [-0.4, -0.2) is 27.8 Å². The van der Waals surface area contributed by atoms with Gasteiger partial charge in [-0.2, -0.15) is 0 Å². The van der Waals surface area contributed by atoms with Crippen molar-refractivity contribution in [1.29, 1.82) is 0 Å². The van der Waals surface area contributed by atoms with Gasteiger partial charge in [-0.25, -0.2) is 0 Å². The van der Waals surface area contributed by atoms with Gasteiger partial charge in [0.05, 0.1) is 0 Å². The summed E-state index contributed by atoms with van der Waals surface area (Å²) >= 11 is 3.07. The van der Waals surface area contributed by atoms with Crippen LogP contribution in [0.25, 0.3) is 0 Å². The Bertz CT molecular complexity index is 174. The topological polar surface area (TPSA) is 0 Å². The van der Waals surface area contributed by atoms with Gasteiger partial charge in [-0.15, -0.1) is 0 Å². The van der Waals surface area contributed by atoms with Gasteiger partial charge < -0.3 is 0 Å². The SMILES string of the molecule is C[Si](C)(C)[Ge]([I])([Si](C)(C)C)[Si](C)(C)C. The summed E-state index contributed by atoms with van der Waals surface area (Å²) in [6, 6.07) is 0. The molecule has 0 aromatic rings. The second-order valence-electron chi connectivity index (χ2n) is 7.41. The Hall–Kier alpha value is 1.92. The van der Waals surface area contributed by atoms with Crippen LogP contribution in [0.3, 0.4) is 0 Å². The minimum atomic E-state index is -1.55. The van der Waals surface area contributed by atoms with Crippen molar-refractivity contribution in [2.75, 3.05) is 0 Å². The summed E-state index contributed by atoms with van der Waals surface area (Å²) < 4.78 is 0. The summed E-state index contributed by atoms with van der Waals surface area (Å²) in [6.07, 6.45) is 0. The standard InChI is InChI=1S/C9H27GeISi3/c1-12(2,3)10(11,13(4,5)6)14(7,8)9/h1-9H3. The molecule has 0 rings (SSSR count). The fraction of sp³-hybridized carbons (Fsp3) is 1.00. The molecule has 0 aliphatic rings. The van der Waals surface area contributed by atoms with Gasteiger partial charge in [-0.05, 0) is 0 Å². The van der Waals surface area contributed by atoms with Crippen LogP contribution in [0.5, 0.6) is 0 Å². The molecule has 0 saturated heterocycles. The van der Waals surface area contributed by atoms with Crippen molar-refractivity contribution in [2.24, 2.45) is 0 Å². The molecular weight excluding hydrogens is 392 g/mol. The van der Waals surface area contributed by atoms with E-state index >= 15 is 0 Å². The molecule has 0 saturated carbocycles. The minimum absolute atomic E-state index is 0.884. The molecule has 0 aliphatic carbocycles. The van der Waals surface area contributed by atoms with Gasteiger partial charge in [-0.3, -0.25) is 0 Å². The first-order valence-corrected chi connectivity index (χ1v) is 31.8. The van der Waals surface area contributed by atoms with Crippen molar-refractivity contribution in [3.8, 4) is 0 Å². The summed E-state index contributed by atoms with van der Waals surface area (Å²) in [5.74, 6) is 0. The van der Waals surface area contributed by atoms with Crippen LogP contribution in [0.15, 0.2) is 0 Å². The predicted molar refractivity (Wildman–Crippen MR) is 89.8 cm³/mol. The molecule has 0 heterocycles. The fourth-order valence-corrected chi connectivity index (χ4v) is 158. The molecule has 86 valence electrons. The van der Waals surface area contributed by atoms with E-state index in [1.807, 2.05) is 0 Å². The van der Waals surface area contributed by atoms with E-state index < -0.39 is 27.8 Å². The summed E-state index contributed by atoms with van der Waals surface area (Å²) in [7, 11) is -1.55. The molecule has 0 nitrogen and oxygen atoms in total. The van der Waals surface area contributed by atoms with Crippen molar-refractivity contribution in [3.05, 3.63) is 0 Å². The molecule has 0 bridgehead atoms. The fourth-order valence-electron chi connectivity index (χ4n) is 3.38. The molecule has 0 amide bonds. The van der Waals surface area contributed by atoms with Gasteiger partial charge in [0.2, 0.25) is 0 Å². The van der Waals surface area contributed by atoms with E-state index in [0.717, 1.165) is 0 Å². The molecule has 0 aromatic heterocycles. The van der Waals surface area contributed by atoms with E-state index in [9.17, 15) is 0 Å². The number of rotatable bonds is 3. The van der Waals surface area contributed by atoms with E-state index in [2.05, 4.69) is 79.1 Å². The third kappa shape index (κ3) is 2.78. The molecule has 14 heavy (non-hydrogen) atoms. The number of hydrogen-bond acceptors (Lipinski definition) is 0. The second-order valence-corrected chi connectivity index (χ2v) is 95.8. The normalized spacial score (nSPS) is 15.9. The molecule has 0 fully saturated rings. The maximum absolute atomic E-state index is 3.07. The van der Waals surface area contributed by atoms with Gasteiger partial charge in [0.15, 0.2) is 0 Å². The van der Waals surface area contributed by atoms with Crippen LogP contribution in [0, 0.1) is 0 Å². The van der Waals surface area contributed by atoms with E-state index in [4.69, 9.17) is 0 Å². The zero-order valence-electron chi connectivity index (χ0n) is 11.4. The number of halogens is 1. The third-order valence-corrected chi connectivity index (χ3v) is 194. The second kappa shape index (κ2) is 4.31. The summed E-state index contributed by atoms with van der Waals surface area (Å²) in [5, 5.41) is 0. The van der Waals surface area contributed by atoms with Crippen LogP contribution in [0.4, 0.5) is 0 Å². The van der Waals surface area contributed by atoms with Gasteiger partial charge in [-0.1, -0.05) is 0 Å². The average molecular weight is 419 g/mol. The third-order valence-electron chi connectivity index (χ3n) is 3.10. The monoisotopic (exact) mass is 420 g/mol. The van der Waals surface area contributed by atoms with E-state index in [0.29, 0.717) is 0 Å². The van der Waals surface area contributed by atoms with Crippen molar-refractivity contribution in [1.82, 2.24) is 0 Å². The summed E-state index contributed by atoms with van der Waals surface area (Å²) in [5.41, 5.74) is 0. The van der Waals surface area contributed by atoms with Crippen LogP contribution in [-0.2, 0) is 0 Å². The van der Waals surface area contributed by atoms with E-state index in [1.54, 1.807) is 0 Å². The first-order chi connectivity index (χ1) is 5.75. The Kier molecular flexibility index (Phi) is 4.90. The zero-order chi connectivity index (χ0) is 12.0. The van der Waals surface area contributed by atoms with Crippen molar-refractivity contribution >= 4 is 48.0 Å². The molecule has 0 radical (unpaired) electrons. The molecule has 0 N–H and O–H groups in total. The van der Waals surface area contributed by atoms with E-state index in [-0.39, 0.29) is 0 Å². The Balaban J connectivity index is 5.54. The Labute approximate surface area is 106 Å². The van der Waals surface area contributed by atoms with Gasteiger partial charge in [0, 0.05) is 0 Å². The van der Waals surface area contributed by atoms with Crippen LogP contribution < -0.4 is 0 Å². The van der Waals surface area contributed by atoms with Crippen molar-refractivity contribution in [3.63, 3.8) is 0 Å². The summed E-state index contributed by atoms with van der Waals surface area (Å²) in [6.45, 7) is 21.2. The Morgan fingerprint density at radius 3 is 0.714 bits per heavy atom. The summed E-state index contributed by atoms with van der Waals surface area (Å²) in [4.78, 5) is 0. The molecular formula is C9H27GeISi3. The van der Waals surface area contributed by atoms with Gasteiger partial charge in [0.1, 0.15) is 0 Å². The zero-order valence-corrected chi connectivity index (χ0v) is 18.6. The first kappa shape index (κ1) is 15.9. The molecule has 0 aromatic carbocycles. The Morgan fingerprint density at radius 2 is 0.714 bits per heavy atom. The number of hydrogen-bond donors (Lipinski definition) is 0. The average Bonchev–Trinajstić information content (AvgIpc) is 1.77. The molecule has 0 atom stereocenters. The maximum atomic E-state index is 3.07. The molecule has 0 aliphatic heterocycles. The van der Waals surface area contributed by atoms with Crippen LogP contribution >= 0.6 is 20.2 Å². The molecule has 0 unspecified atom stereocenters. The van der Waals surface area contributed by atoms with Gasteiger partial charge in [0.25, 0.3) is 0 Å². The Morgan fingerprint density at radius 1 is 0.571 bits per heavy atom. The van der Waals surface area contributed by atoms with Crippen molar-refractivity contribution < 1.29 is 0 Å². The quantitative estimate of drug-likeness (QED) is 0.463. The first-order valence-electron chi connectivity index (χ1n) is 5.44. The predicted octanol–water partition coefficient (Wildman–Crippen LogP) is 4.62.